The fourth-order valence-corrected chi connectivity index (χ4v) is 4.35. The highest BCUT2D eigenvalue weighted by atomic mass is 16.5. The van der Waals surface area contributed by atoms with Crippen LogP contribution in [0.15, 0.2) is 41.5 Å². The number of morpholine rings is 1. The topological polar surface area (TPSA) is 84.6 Å². The molecule has 8 nitrogen and oxygen atoms in total. The Bertz CT molecular complexity index is 1010. The second-order valence-electron chi connectivity index (χ2n) is 7.90. The van der Waals surface area contributed by atoms with Gasteiger partial charge < -0.3 is 14.1 Å². The van der Waals surface area contributed by atoms with Crippen LogP contribution in [0.2, 0.25) is 0 Å². The quantitative estimate of drug-likeness (QED) is 0.655. The minimum Gasteiger partial charge on any atom is -0.442 e. The van der Waals surface area contributed by atoms with E-state index < -0.39 is 0 Å². The Balaban J connectivity index is 1.23. The van der Waals surface area contributed by atoms with Crippen molar-refractivity contribution in [3.8, 4) is 11.5 Å². The maximum absolute atomic E-state index is 12.9. The lowest BCUT2D eigenvalue weighted by Crippen LogP contribution is -2.50. The van der Waals surface area contributed by atoms with Crippen LogP contribution < -0.4 is 0 Å². The van der Waals surface area contributed by atoms with E-state index in [1.54, 1.807) is 18.6 Å². The van der Waals surface area contributed by atoms with E-state index >= 15 is 0 Å². The number of hydrogen-bond acceptors (Lipinski definition) is 7. The van der Waals surface area contributed by atoms with Crippen molar-refractivity contribution in [2.45, 2.75) is 25.3 Å². The monoisotopic (exact) mass is 407 g/mol. The van der Waals surface area contributed by atoms with Crippen molar-refractivity contribution in [3.05, 3.63) is 42.8 Å². The van der Waals surface area contributed by atoms with Gasteiger partial charge in [-0.1, -0.05) is 0 Å². The standard InChI is InChI=1S/C22H25N5O3/c28-22(27-3-1-19(2-4-27)26-5-7-29-8-6-26)11-18-9-16-10-20(21-14-23-15-30-21)25-13-17(16)12-24-18/h9-10,12-15,19H,1-8,11H2. The summed E-state index contributed by atoms with van der Waals surface area (Å²) in [6.45, 7) is 5.28. The molecule has 2 fully saturated rings. The lowest BCUT2D eigenvalue weighted by atomic mass is 10.0. The van der Waals surface area contributed by atoms with Gasteiger partial charge in [0.2, 0.25) is 5.91 Å². The molecule has 2 saturated heterocycles. The van der Waals surface area contributed by atoms with Crippen LogP contribution in [0, 0.1) is 0 Å². The van der Waals surface area contributed by atoms with E-state index in [1.165, 1.54) is 6.39 Å². The summed E-state index contributed by atoms with van der Waals surface area (Å²) in [6, 6.07) is 4.48. The first-order chi connectivity index (χ1) is 14.8. The summed E-state index contributed by atoms with van der Waals surface area (Å²) < 4.78 is 10.8. The fourth-order valence-electron chi connectivity index (χ4n) is 4.35. The summed E-state index contributed by atoms with van der Waals surface area (Å²) in [5, 5.41) is 1.92. The zero-order chi connectivity index (χ0) is 20.3. The van der Waals surface area contributed by atoms with E-state index in [1.807, 2.05) is 17.0 Å². The normalized spacial score (nSPS) is 18.7. The number of pyridine rings is 2. The summed E-state index contributed by atoms with van der Waals surface area (Å²) >= 11 is 0. The van der Waals surface area contributed by atoms with E-state index in [4.69, 9.17) is 9.15 Å². The van der Waals surface area contributed by atoms with Crippen LogP contribution in [-0.4, -0.2) is 76.1 Å². The molecule has 0 unspecified atom stereocenters. The minimum absolute atomic E-state index is 0.145. The molecule has 156 valence electrons. The number of likely N-dealkylation sites (tertiary alicyclic amines) is 1. The summed E-state index contributed by atoms with van der Waals surface area (Å²) in [5.74, 6) is 0.765. The molecule has 0 atom stereocenters. The number of carbonyl (C=O) groups excluding carboxylic acids is 1. The molecule has 8 heteroatoms. The Morgan fingerprint density at radius 1 is 1.00 bits per heavy atom. The average Bonchev–Trinajstić information content (AvgIpc) is 3.34. The van der Waals surface area contributed by atoms with Gasteiger partial charge >= 0.3 is 0 Å². The first-order valence-electron chi connectivity index (χ1n) is 10.5. The highest BCUT2D eigenvalue weighted by Crippen LogP contribution is 2.23. The first-order valence-corrected chi connectivity index (χ1v) is 10.5. The molecule has 2 aliphatic rings. The largest absolute Gasteiger partial charge is 0.442 e. The molecule has 1 amide bonds. The van der Waals surface area contributed by atoms with Crippen LogP contribution in [0.1, 0.15) is 18.5 Å². The molecule has 0 bridgehead atoms. The molecule has 0 radical (unpaired) electrons. The van der Waals surface area contributed by atoms with Gasteiger partial charge in [-0.25, -0.2) is 4.98 Å². The van der Waals surface area contributed by atoms with Gasteiger partial charge in [0, 0.05) is 50.0 Å². The number of rotatable bonds is 4. The van der Waals surface area contributed by atoms with Gasteiger partial charge in [-0.3, -0.25) is 19.7 Å². The molecule has 0 N–H and O–H groups in total. The Hall–Kier alpha value is -2.84. The van der Waals surface area contributed by atoms with Crippen LogP contribution in [0.25, 0.3) is 22.2 Å². The number of amides is 1. The number of hydrogen-bond donors (Lipinski definition) is 0. The Morgan fingerprint density at radius 3 is 2.57 bits per heavy atom. The number of aromatic nitrogens is 3. The van der Waals surface area contributed by atoms with Crippen molar-refractivity contribution in [3.63, 3.8) is 0 Å². The molecule has 0 saturated carbocycles. The van der Waals surface area contributed by atoms with Gasteiger partial charge in [0.25, 0.3) is 0 Å². The molecule has 3 aromatic heterocycles. The Kier molecular flexibility index (Phi) is 5.42. The fraction of sp³-hybridized carbons (Fsp3) is 0.455. The smallest absolute Gasteiger partial charge is 0.228 e. The summed E-state index contributed by atoms with van der Waals surface area (Å²) in [5.41, 5.74) is 1.49. The van der Waals surface area contributed by atoms with Crippen LogP contribution in [0.3, 0.4) is 0 Å². The van der Waals surface area contributed by atoms with Gasteiger partial charge in [0.05, 0.1) is 31.5 Å². The first kappa shape index (κ1) is 19.1. The number of oxazole rings is 1. The maximum atomic E-state index is 12.9. The zero-order valence-corrected chi connectivity index (χ0v) is 16.9. The predicted octanol–water partition coefficient (Wildman–Crippen LogP) is 2.15. The molecule has 30 heavy (non-hydrogen) atoms. The van der Waals surface area contributed by atoms with Crippen molar-refractivity contribution >= 4 is 16.7 Å². The van der Waals surface area contributed by atoms with Crippen molar-refractivity contribution in [2.75, 3.05) is 39.4 Å². The van der Waals surface area contributed by atoms with Gasteiger partial charge in [-0.2, -0.15) is 0 Å². The number of ether oxygens (including phenoxy) is 1. The summed E-state index contributed by atoms with van der Waals surface area (Å²) in [6.07, 6.45) is 8.95. The molecule has 2 aliphatic heterocycles. The summed E-state index contributed by atoms with van der Waals surface area (Å²) in [4.78, 5) is 30.2. The van der Waals surface area contributed by atoms with E-state index in [0.717, 1.165) is 68.7 Å². The third kappa shape index (κ3) is 4.06. The van der Waals surface area contributed by atoms with Crippen molar-refractivity contribution in [1.29, 1.82) is 0 Å². The summed E-state index contributed by atoms with van der Waals surface area (Å²) in [7, 11) is 0. The second-order valence-corrected chi connectivity index (χ2v) is 7.90. The lowest BCUT2D eigenvalue weighted by Gasteiger charge is -2.40. The van der Waals surface area contributed by atoms with Crippen LogP contribution >= 0.6 is 0 Å². The van der Waals surface area contributed by atoms with Gasteiger partial charge in [0.1, 0.15) is 5.69 Å². The minimum atomic E-state index is 0.145. The molecule has 5 heterocycles. The molecule has 5 rings (SSSR count). The van der Waals surface area contributed by atoms with Crippen LogP contribution in [-0.2, 0) is 16.0 Å². The number of nitrogens with zero attached hydrogens (tertiary/aromatic N) is 5. The SMILES string of the molecule is O=C(Cc1cc2cc(-c3cnco3)ncc2cn1)N1CCC(N2CCOCC2)CC1. The predicted molar refractivity (Wildman–Crippen MR) is 111 cm³/mol. The van der Waals surface area contributed by atoms with Crippen molar-refractivity contribution in [1.82, 2.24) is 24.8 Å². The van der Waals surface area contributed by atoms with Gasteiger partial charge in [-0.15, -0.1) is 0 Å². The number of carbonyl (C=O) groups is 1. The highest BCUT2D eigenvalue weighted by molar-refractivity contribution is 5.85. The molecular formula is C22H25N5O3. The van der Waals surface area contributed by atoms with E-state index in [9.17, 15) is 4.79 Å². The molecular weight excluding hydrogens is 382 g/mol. The van der Waals surface area contributed by atoms with Gasteiger partial charge in [-0.05, 0) is 30.4 Å². The highest BCUT2D eigenvalue weighted by Gasteiger charge is 2.27. The molecule has 0 aliphatic carbocycles. The van der Waals surface area contributed by atoms with Gasteiger partial charge in [0.15, 0.2) is 12.2 Å². The van der Waals surface area contributed by atoms with Crippen LogP contribution in [0.5, 0.6) is 0 Å². The Morgan fingerprint density at radius 2 is 1.80 bits per heavy atom. The zero-order valence-electron chi connectivity index (χ0n) is 16.9. The third-order valence-corrected chi connectivity index (χ3v) is 6.06. The second kappa shape index (κ2) is 8.49. The molecule has 3 aromatic rings. The van der Waals surface area contributed by atoms with Crippen molar-refractivity contribution in [2.24, 2.45) is 0 Å². The maximum Gasteiger partial charge on any atom is 0.228 e. The average molecular weight is 407 g/mol. The van der Waals surface area contributed by atoms with E-state index in [0.29, 0.717) is 23.9 Å². The van der Waals surface area contributed by atoms with Crippen LogP contribution in [0.4, 0.5) is 0 Å². The molecule has 0 spiro atoms. The van der Waals surface area contributed by atoms with Crippen molar-refractivity contribution < 1.29 is 13.9 Å². The Labute approximate surface area is 174 Å². The lowest BCUT2D eigenvalue weighted by molar-refractivity contribution is -0.132. The van der Waals surface area contributed by atoms with E-state index in [2.05, 4.69) is 19.9 Å². The number of fused-ring (bicyclic) bond motifs is 1. The third-order valence-electron chi connectivity index (χ3n) is 6.06. The molecule has 0 aromatic carbocycles. The number of piperidine rings is 1. The van der Waals surface area contributed by atoms with E-state index in [-0.39, 0.29) is 5.91 Å².